The van der Waals surface area contributed by atoms with Gasteiger partial charge >= 0.3 is 0 Å². The van der Waals surface area contributed by atoms with E-state index in [-0.39, 0.29) is 5.82 Å². The first-order valence-corrected chi connectivity index (χ1v) is 7.53. The van der Waals surface area contributed by atoms with Gasteiger partial charge in [0.25, 0.3) is 0 Å². The smallest absolute Gasteiger partial charge is 0.167 e. The molecule has 1 saturated heterocycles. The number of rotatable bonds is 5. The van der Waals surface area contributed by atoms with E-state index in [1.54, 1.807) is 0 Å². The monoisotopic (exact) mass is 300 g/mol. The number of halogens is 2. The number of nitrogens with two attached hydrogens (primary N) is 1. The highest BCUT2D eigenvalue weighted by atomic mass is 35.5. The number of anilines is 1. The highest BCUT2D eigenvalue weighted by molar-refractivity contribution is 6.30. The van der Waals surface area contributed by atoms with E-state index in [4.69, 9.17) is 17.3 Å². The summed E-state index contributed by atoms with van der Waals surface area (Å²) >= 11 is 5.73. The maximum atomic E-state index is 13.9. The molecular formula is C14H22ClFN4. The highest BCUT2D eigenvalue weighted by Gasteiger charge is 2.24. The standard InChI is InChI=1S/C14H22ClFN4/c1-2-3-12(9-17)19-4-6-20(7-5-19)14-13(16)8-11(15)10-18-14/h8,10,12H,2-7,9,17H2,1H3. The lowest BCUT2D eigenvalue weighted by molar-refractivity contribution is 0.179. The van der Waals surface area contributed by atoms with Crippen molar-refractivity contribution in [2.24, 2.45) is 5.73 Å². The quantitative estimate of drug-likeness (QED) is 0.905. The molecule has 4 nitrogen and oxygen atoms in total. The van der Waals surface area contributed by atoms with Gasteiger partial charge in [-0.05, 0) is 12.5 Å². The molecule has 6 heteroatoms. The van der Waals surface area contributed by atoms with Crippen LogP contribution in [0.3, 0.4) is 0 Å². The minimum atomic E-state index is -0.352. The molecule has 1 aliphatic heterocycles. The molecule has 0 aromatic carbocycles. The Morgan fingerprint density at radius 2 is 2.10 bits per heavy atom. The fourth-order valence-electron chi connectivity index (χ4n) is 2.72. The molecule has 20 heavy (non-hydrogen) atoms. The number of hydrogen-bond donors (Lipinski definition) is 1. The number of pyridine rings is 1. The van der Waals surface area contributed by atoms with Crippen LogP contribution in [0.15, 0.2) is 12.3 Å². The maximum Gasteiger partial charge on any atom is 0.167 e. The van der Waals surface area contributed by atoms with Gasteiger partial charge in [-0.15, -0.1) is 0 Å². The van der Waals surface area contributed by atoms with E-state index >= 15 is 0 Å². The Kier molecular flexibility index (Phi) is 5.57. The van der Waals surface area contributed by atoms with E-state index in [0.717, 1.165) is 39.0 Å². The fourth-order valence-corrected chi connectivity index (χ4v) is 2.87. The van der Waals surface area contributed by atoms with Gasteiger partial charge in [-0.3, -0.25) is 4.90 Å². The first kappa shape index (κ1) is 15.5. The first-order chi connectivity index (χ1) is 9.65. The van der Waals surface area contributed by atoms with E-state index < -0.39 is 0 Å². The Labute approximate surface area is 124 Å². The van der Waals surface area contributed by atoms with Crippen molar-refractivity contribution in [1.29, 1.82) is 0 Å². The molecule has 112 valence electrons. The highest BCUT2D eigenvalue weighted by Crippen LogP contribution is 2.21. The number of piperazine rings is 1. The Hall–Kier alpha value is -0.910. The third kappa shape index (κ3) is 3.59. The van der Waals surface area contributed by atoms with Crippen molar-refractivity contribution in [3.8, 4) is 0 Å². The van der Waals surface area contributed by atoms with Crippen LogP contribution in [-0.2, 0) is 0 Å². The Morgan fingerprint density at radius 3 is 2.65 bits per heavy atom. The summed E-state index contributed by atoms with van der Waals surface area (Å²) in [6, 6.07) is 1.75. The predicted molar refractivity (Wildman–Crippen MR) is 80.7 cm³/mol. The third-order valence-electron chi connectivity index (χ3n) is 3.81. The fraction of sp³-hybridized carbons (Fsp3) is 0.643. The zero-order valence-corrected chi connectivity index (χ0v) is 12.6. The molecule has 0 saturated carbocycles. The van der Waals surface area contributed by atoms with Crippen molar-refractivity contribution >= 4 is 17.4 Å². The summed E-state index contributed by atoms with van der Waals surface area (Å²) in [4.78, 5) is 8.47. The lowest BCUT2D eigenvalue weighted by Gasteiger charge is -2.39. The van der Waals surface area contributed by atoms with Gasteiger partial charge in [0.15, 0.2) is 11.6 Å². The molecule has 0 aliphatic carbocycles. The van der Waals surface area contributed by atoms with E-state index in [0.29, 0.717) is 23.4 Å². The van der Waals surface area contributed by atoms with Gasteiger partial charge in [-0.2, -0.15) is 0 Å². The average molecular weight is 301 g/mol. The molecule has 1 aliphatic rings. The molecule has 1 fully saturated rings. The summed E-state index contributed by atoms with van der Waals surface area (Å²) in [6.07, 6.45) is 3.74. The second-order valence-corrected chi connectivity index (χ2v) is 5.60. The van der Waals surface area contributed by atoms with Crippen LogP contribution in [-0.4, -0.2) is 48.6 Å². The molecule has 2 rings (SSSR count). The van der Waals surface area contributed by atoms with Crippen molar-refractivity contribution in [2.75, 3.05) is 37.6 Å². The number of nitrogens with zero attached hydrogens (tertiary/aromatic N) is 3. The van der Waals surface area contributed by atoms with Gasteiger partial charge in [0.2, 0.25) is 0 Å². The molecule has 2 N–H and O–H groups in total. The normalized spacial score (nSPS) is 18.3. The molecule has 1 aromatic rings. The van der Waals surface area contributed by atoms with Crippen LogP contribution in [0.25, 0.3) is 0 Å². The first-order valence-electron chi connectivity index (χ1n) is 7.15. The average Bonchev–Trinajstić information content (AvgIpc) is 2.45. The number of aromatic nitrogens is 1. The molecule has 0 bridgehead atoms. The summed E-state index contributed by atoms with van der Waals surface area (Å²) in [6.45, 7) is 6.18. The van der Waals surface area contributed by atoms with Gasteiger partial charge in [0.05, 0.1) is 5.02 Å². The van der Waals surface area contributed by atoms with Crippen LogP contribution < -0.4 is 10.6 Å². The van der Waals surface area contributed by atoms with Crippen LogP contribution in [0.1, 0.15) is 19.8 Å². The van der Waals surface area contributed by atoms with Crippen molar-refractivity contribution in [1.82, 2.24) is 9.88 Å². The lowest BCUT2D eigenvalue weighted by atomic mass is 10.1. The maximum absolute atomic E-state index is 13.9. The van der Waals surface area contributed by atoms with Crippen LogP contribution >= 0.6 is 11.6 Å². The lowest BCUT2D eigenvalue weighted by Crippen LogP contribution is -2.52. The SMILES string of the molecule is CCCC(CN)N1CCN(c2ncc(Cl)cc2F)CC1. The van der Waals surface area contributed by atoms with E-state index in [2.05, 4.69) is 16.8 Å². The summed E-state index contributed by atoms with van der Waals surface area (Å²) in [5.41, 5.74) is 5.83. The predicted octanol–water partition coefficient (Wildman–Crippen LogP) is 2.12. The minimum Gasteiger partial charge on any atom is -0.352 e. The van der Waals surface area contributed by atoms with Crippen molar-refractivity contribution in [3.05, 3.63) is 23.1 Å². The van der Waals surface area contributed by atoms with E-state index in [1.807, 2.05) is 4.90 Å². The Morgan fingerprint density at radius 1 is 1.40 bits per heavy atom. The van der Waals surface area contributed by atoms with Crippen LogP contribution in [0.2, 0.25) is 5.02 Å². The van der Waals surface area contributed by atoms with Crippen LogP contribution in [0.4, 0.5) is 10.2 Å². The van der Waals surface area contributed by atoms with E-state index in [1.165, 1.54) is 12.3 Å². The van der Waals surface area contributed by atoms with Gasteiger partial charge in [-0.1, -0.05) is 24.9 Å². The van der Waals surface area contributed by atoms with Crippen LogP contribution in [0.5, 0.6) is 0 Å². The molecule has 1 aromatic heterocycles. The van der Waals surface area contributed by atoms with Gasteiger partial charge in [0.1, 0.15) is 0 Å². The molecule has 2 heterocycles. The molecule has 0 amide bonds. The largest absolute Gasteiger partial charge is 0.352 e. The van der Waals surface area contributed by atoms with Gasteiger partial charge in [0, 0.05) is 45.0 Å². The van der Waals surface area contributed by atoms with Crippen molar-refractivity contribution in [2.45, 2.75) is 25.8 Å². The summed E-state index contributed by atoms with van der Waals surface area (Å²) in [5.74, 6) is 0.0451. The van der Waals surface area contributed by atoms with Crippen LogP contribution in [0, 0.1) is 5.82 Å². The van der Waals surface area contributed by atoms with Crippen molar-refractivity contribution in [3.63, 3.8) is 0 Å². The Balaban J connectivity index is 1.97. The summed E-state index contributed by atoms with van der Waals surface area (Å²) < 4.78 is 13.9. The van der Waals surface area contributed by atoms with E-state index in [9.17, 15) is 4.39 Å². The topological polar surface area (TPSA) is 45.4 Å². The zero-order valence-electron chi connectivity index (χ0n) is 11.9. The van der Waals surface area contributed by atoms with Gasteiger partial charge in [-0.25, -0.2) is 9.37 Å². The summed E-state index contributed by atoms with van der Waals surface area (Å²) in [5, 5.41) is 0.330. The molecule has 1 unspecified atom stereocenters. The third-order valence-corrected chi connectivity index (χ3v) is 4.02. The molecule has 1 atom stereocenters. The Bertz CT molecular complexity index is 435. The second kappa shape index (κ2) is 7.20. The minimum absolute atomic E-state index is 0.330. The molecule has 0 spiro atoms. The number of hydrogen-bond acceptors (Lipinski definition) is 4. The molecular weight excluding hydrogens is 279 g/mol. The van der Waals surface area contributed by atoms with Crippen molar-refractivity contribution < 1.29 is 4.39 Å². The van der Waals surface area contributed by atoms with Gasteiger partial charge < -0.3 is 10.6 Å². The molecule has 0 radical (unpaired) electrons. The second-order valence-electron chi connectivity index (χ2n) is 5.16. The zero-order chi connectivity index (χ0) is 14.5. The summed E-state index contributed by atoms with van der Waals surface area (Å²) in [7, 11) is 0.